The van der Waals surface area contributed by atoms with Crippen molar-refractivity contribution >= 4 is 16.9 Å². The molecule has 2 atom stereocenters. The SMILES string of the molecule is CCC(C)(O)C1CN(c2cccc(-c3[nH]nc4ncccc34)n2)CCN1. The van der Waals surface area contributed by atoms with E-state index in [1.54, 1.807) is 6.20 Å². The lowest BCUT2D eigenvalue weighted by molar-refractivity contribution is 0.0145. The highest BCUT2D eigenvalue weighted by atomic mass is 16.3. The highest BCUT2D eigenvalue weighted by molar-refractivity contribution is 5.89. The third kappa shape index (κ3) is 3.04. The number of nitrogens with one attached hydrogen (secondary N) is 2. The van der Waals surface area contributed by atoms with Crippen molar-refractivity contribution < 1.29 is 5.11 Å². The average molecular weight is 352 g/mol. The molecule has 3 N–H and O–H groups in total. The average Bonchev–Trinajstić information content (AvgIpc) is 3.12. The summed E-state index contributed by atoms with van der Waals surface area (Å²) in [7, 11) is 0. The van der Waals surface area contributed by atoms with E-state index < -0.39 is 5.60 Å². The minimum Gasteiger partial charge on any atom is -0.388 e. The number of hydrogen-bond donors (Lipinski definition) is 3. The minimum atomic E-state index is -0.735. The summed E-state index contributed by atoms with van der Waals surface area (Å²) in [5, 5.41) is 22.3. The van der Waals surface area contributed by atoms with E-state index in [1.807, 2.05) is 44.2 Å². The third-order valence-electron chi connectivity index (χ3n) is 5.29. The molecule has 4 rings (SSSR count). The lowest BCUT2D eigenvalue weighted by Crippen LogP contribution is -2.60. The maximum Gasteiger partial charge on any atom is 0.181 e. The Bertz CT molecular complexity index is 906. The number of hydrogen-bond acceptors (Lipinski definition) is 6. The van der Waals surface area contributed by atoms with E-state index in [4.69, 9.17) is 4.98 Å². The Hall–Kier alpha value is -2.51. The van der Waals surface area contributed by atoms with Gasteiger partial charge in [-0.05, 0) is 37.6 Å². The van der Waals surface area contributed by atoms with E-state index in [9.17, 15) is 5.11 Å². The molecule has 0 bridgehead atoms. The van der Waals surface area contributed by atoms with Crippen LogP contribution in [-0.2, 0) is 0 Å². The van der Waals surface area contributed by atoms with Gasteiger partial charge in [-0.15, -0.1) is 0 Å². The number of pyridine rings is 2. The Morgan fingerprint density at radius 2 is 2.19 bits per heavy atom. The summed E-state index contributed by atoms with van der Waals surface area (Å²) < 4.78 is 0. The quantitative estimate of drug-likeness (QED) is 0.665. The largest absolute Gasteiger partial charge is 0.388 e. The summed E-state index contributed by atoms with van der Waals surface area (Å²) in [6, 6.07) is 9.92. The normalized spacial score (nSPS) is 20.3. The molecule has 0 spiro atoms. The van der Waals surface area contributed by atoms with Crippen LogP contribution in [0.4, 0.5) is 5.82 Å². The zero-order valence-corrected chi connectivity index (χ0v) is 15.1. The molecule has 136 valence electrons. The fourth-order valence-electron chi connectivity index (χ4n) is 3.41. The first-order valence-corrected chi connectivity index (χ1v) is 9.06. The standard InChI is InChI=1S/C19H24N6O/c1-3-19(2,26)15-12-25(11-10-20-15)16-8-4-7-14(22-16)17-13-6-5-9-21-18(13)24-23-17/h4-9,15,20,26H,3,10-12H2,1-2H3,(H,21,23,24). The summed E-state index contributed by atoms with van der Waals surface area (Å²) in [6.45, 7) is 6.31. The van der Waals surface area contributed by atoms with Gasteiger partial charge >= 0.3 is 0 Å². The Balaban J connectivity index is 1.64. The van der Waals surface area contributed by atoms with E-state index in [0.29, 0.717) is 12.1 Å². The summed E-state index contributed by atoms with van der Waals surface area (Å²) in [5.74, 6) is 0.910. The molecule has 0 aliphatic carbocycles. The number of fused-ring (bicyclic) bond motifs is 1. The first-order chi connectivity index (χ1) is 12.6. The van der Waals surface area contributed by atoms with Crippen molar-refractivity contribution in [1.29, 1.82) is 0 Å². The Morgan fingerprint density at radius 3 is 3.04 bits per heavy atom. The van der Waals surface area contributed by atoms with Gasteiger partial charge in [-0.1, -0.05) is 13.0 Å². The van der Waals surface area contributed by atoms with Gasteiger partial charge in [0, 0.05) is 31.2 Å². The van der Waals surface area contributed by atoms with Crippen LogP contribution in [0.15, 0.2) is 36.5 Å². The zero-order valence-electron chi connectivity index (χ0n) is 15.1. The van der Waals surface area contributed by atoms with E-state index in [2.05, 4.69) is 25.4 Å². The van der Waals surface area contributed by atoms with Crippen LogP contribution in [0.1, 0.15) is 20.3 Å². The van der Waals surface area contributed by atoms with Gasteiger partial charge in [-0.25, -0.2) is 9.97 Å². The molecule has 1 aliphatic rings. The highest BCUT2D eigenvalue weighted by Gasteiger charge is 2.34. The predicted octanol–water partition coefficient (Wildman–Crippen LogP) is 1.96. The molecular weight excluding hydrogens is 328 g/mol. The van der Waals surface area contributed by atoms with Crippen molar-refractivity contribution in [3.05, 3.63) is 36.5 Å². The lowest BCUT2D eigenvalue weighted by atomic mass is 9.92. The first kappa shape index (κ1) is 16.9. The molecule has 4 heterocycles. The van der Waals surface area contributed by atoms with Crippen LogP contribution < -0.4 is 10.2 Å². The third-order valence-corrected chi connectivity index (χ3v) is 5.29. The Kier molecular flexibility index (Phi) is 4.34. The number of aliphatic hydroxyl groups is 1. The van der Waals surface area contributed by atoms with Crippen LogP contribution in [0.5, 0.6) is 0 Å². The molecule has 2 unspecified atom stereocenters. The van der Waals surface area contributed by atoms with Crippen LogP contribution in [0.2, 0.25) is 0 Å². The van der Waals surface area contributed by atoms with Crippen molar-refractivity contribution in [2.24, 2.45) is 0 Å². The predicted molar refractivity (Wildman–Crippen MR) is 102 cm³/mol. The van der Waals surface area contributed by atoms with E-state index in [-0.39, 0.29) is 6.04 Å². The zero-order chi connectivity index (χ0) is 18.1. The number of H-pyrrole nitrogens is 1. The molecule has 3 aromatic heterocycles. The molecule has 0 radical (unpaired) electrons. The van der Waals surface area contributed by atoms with Gasteiger partial charge in [-0.3, -0.25) is 5.10 Å². The van der Waals surface area contributed by atoms with Crippen LogP contribution >= 0.6 is 0 Å². The molecule has 7 nitrogen and oxygen atoms in total. The number of aromatic nitrogens is 4. The second kappa shape index (κ2) is 6.66. The smallest absolute Gasteiger partial charge is 0.181 e. The molecule has 1 fully saturated rings. The Morgan fingerprint density at radius 1 is 1.31 bits per heavy atom. The molecule has 7 heteroatoms. The summed E-state index contributed by atoms with van der Waals surface area (Å²) in [5.41, 5.74) is 1.68. The second-order valence-corrected chi connectivity index (χ2v) is 7.02. The van der Waals surface area contributed by atoms with Gasteiger partial charge < -0.3 is 15.3 Å². The fraction of sp³-hybridized carbons (Fsp3) is 0.421. The molecule has 3 aromatic rings. The number of rotatable bonds is 4. The number of piperazine rings is 1. The van der Waals surface area contributed by atoms with E-state index >= 15 is 0 Å². The van der Waals surface area contributed by atoms with Crippen molar-refractivity contribution in [2.75, 3.05) is 24.5 Å². The summed E-state index contributed by atoms with van der Waals surface area (Å²) in [4.78, 5) is 11.3. The highest BCUT2D eigenvalue weighted by Crippen LogP contribution is 2.26. The summed E-state index contributed by atoms with van der Waals surface area (Å²) >= 11 is 0. The van der Waals surface area contributed by atoms with Gasteiger partial charge in [0.15, 0.2) is 5.65 Å². The molecule has 0 saturated carbocycles. The van der Waals surface area contributed by atoms with Gasteiger partial charge in [0.1, 0.15) is 5.82 Å². The van der Waals surface area contributed by atoms with Crippen LogP contribution in [-0.4, -0.2) is 56.5 Å². The van der Waals surface area contributed by atoms with Crippen molar-refractivity contribution in [3.63, 3.8) is 0 Å². The molecule has 1 aliphatic heterocycles. The van der Waals surface area contributed by atoms with E-state index in [0.717, 1.165) is 42.2 Å². The van der Waals surface area contributed by atoms with Gasteiger partial charge in [0.05, 0.1) is 23.0 Å². The maximum absolute atomic E-state index is 10.6. The first-order valence-electron chi connectivity index (χ1n) is 9.06. The van der Waals surface area contributed by atoms with Crippen molar-refractivity contribution in [3.8, 4) is 11.4 Å². The molecule has 1 saturated heterocycles. The van der Waals surface area contributed by atoms with E-state index in [1.165, 1.54) is 0 Å². The molecular formula is C19H24N6O. The number of anilines is 1. The molecule has 0 aromatic carbocycles. The summed E-state index contributed by atoms with van der Waals surface area (Å²) in [6.07, 6.45) is 2.44. The topological polar surface area (TPSA) is 90.0 Å². The number of aromatic amines is 1. The minimum absolute atomic E-state index is 0.0175. The Labute approximate surface area is 152 Å². The van der Waals surface area contributed by atoms with Gasteiger partial charge in [-0.2, -0.15) is 5.10 Å². The van der Waals surface area contributed by atoms with Gasteiger partial charge in [0.25, 0.3) is 0 Å². The van der Waals surface area contributed by atoms with Crippen molar-refractivity contribution in [2.45, 2.75) is 31.9 Å². The maximum atomic E-state index is 10.6. The molecule has 0 amide bonds. The monoisotopic (exact) mass is 352 g/mol. The van der Waals surface area contributed by atoms with Crippen LogP contribution in [0.3, 0.4) is 0 Å². The van der Waals surface area contributed by atoms with Crippen molar-refractivity contribution in [1.82, 2.24) is 25.5 Å². The molecule has 26 heavy (non-hydrogen) atoms. The van der Waals surface area contributed by atoms with Crippen LogP contribution in [0.25, 0.3) is 22.4 Å². The lowest BCUT2D eigenvalue weighted by Gasteiger charge is -2.41. The van der Waals surface area contributed by atoms with Gasteiger partial charge in [0.2, 0.25) is 0 Å². The van der Waals surface area contributed by atoms with Crippen LogP contribution in [0, 0.1) is 0 Å². The second-order valence-electron chi connectivity index (χ2n) is 7.02. The number of nitrogens with zero attached hydrogens (tertiary/aromatic N) is 4. The fourth-order valence-corrected chi connectivity index (χ4v) is 3.41.